The van der Waals surface area contributed by atoms with Crippen molar-refractivity contribution >= 4 is 27.9 Å². The summed E-state index contributed by atoms with van der Waals surface area (Å²) in [7, 11) is -3.99. The fourth-order valence-corrected chi connectivity index (χ4v) is 2.77. The molecule has 0 aromatic heterocycles. The van der Waals surface area contributed by atoms with Crippen LogP contribution in [0.2, 0.25) is 0 Å². The highest BCUT2D eigenvalue weighted by atomic mass is 35.5. The van der Waals surface area contributed by atoms with Crippen molar-refractivity contribution in [2.75, 3.05) is 12.5 Å². The molecule has 1 atom stereocenters. The van der Waals surface area contributed by atoms with Crippen LogP contribution in [0.4, 0.5) is 4.79 Å². The summed E-state index contributed by atoms with van der Waals surface area (Å²) < 4.78 is 32.0. The second-order valence-electron chi connectivity index (χ2n) is 3.98. The molecule has 0 spiro atoms. The molecule has 2 N–H and O–H groups in total. The van der Waals surface area contributed by atoms with E-state index in [9.17, 15) is 13.2 Å². The van der Waals surface area contributed by atoms with Gasteiger partial charge < -0.3 is 4.74 Å². The highest BCUT2D eigenvalue weighted by Crippen LogP contribution is 2.05. The van der Waals surface area contributed by atoms with Crippen molar-refractivity contribution in [1.29, 1.82) is 0 Å². The first-order valence-corrected chi connectivity index (χ1v) is 8.05. The Morgan fingerprint density at radius 1 is 1.35 bits per heavy atom. The molecule has 0 heterocycles. The lowest BCUT2D eigenvalue weighted by Gasteiger charge is -2.16. The summed E-state index contributed by atoms with van der Waals surface area (Å²) in [6.07, 6.45) is -0.596. The maximum absolute atomic E-state index is 11.7. The third kappa shape index (κ3) is 6.23. The summed E-state index contributed by atoms with van der Waals surface area (Å²) in [5.41, 5.74) is 0.942. The van der Waals surface area contributed by atoms with Gasteiger partial charge in [0, 0.05) is 11.9 Å². The van der Waals surface area contributed by atoms with Crippen LogP contribution in [-0.4, -0.2) is 33.0 Å². The molecule has 0 radical (unpaired) electrons. The molecule has 0 aliphatic rings. The molecule has 0 bridgehead atoms. The van der Waals surface area contributed by atoms with Crippen LogP contribution in [-0.2, 0) is 21.4 Å². The van der Waals surface area contributed by atoms with E-state index in [4.69, 9.17) is 11.6 Å². The highest BCUT2D eigenvalue weighted by Gasteiger charge is 2.20. The number of hydrogen-bond acceptors (Lipinski definition) is 4. The Bertz CT molecular complexity index is 522. The van der Waals surface area contributed by atoms with E-state index in [-0.39, 0.29) is 12.5 Å². The van der Waals surface area contributed by atoms with E-state index in [1.807, 2.05) is 30.3 Å². The highest BCUT2D eigenvalue weighted by molar-refractivity contribution is 7.88. The van der Waals surface area contributed by atoms with Gasteiger partial charge in [-0.05, 0) is 18.9 Å². The van der Waals surface area contributed by atoms with Gasteiger partial charge in [-0.1, -0.05) is 30.3 Å². The van der Waals surface area contributed by atoms with E-state index in [2.05, 4.69) is 9.46 Å². The van der Waals surface area contributed by atoms with Gasteiger partial charge in [0.2, 0.25) is 0 Å². The predicted molar refractivity (Wildman–Crippen MR) is 76.9 cm³/mol. The third-order valence-electron chi connectivity index (χ3n) is 2.33. The molecule has 20 heavy (non-hydrogen) atoms. The number of rotatable bonds is 7. The SMILES string of the molecule is CCOC(=O)NS(=O)(=O)NC(CCl)Cc1ccccc1. The van der Waals surface area contributed by atoms with Crippen molar-refractivity contribution < 1.29 is 17.9 Å². The fraction of sp³-hybridized carbons (Fsp3) is 0.417. The largest absolute Gasteiger partial charge is 0.449 e. The number of amides is 1. The third-order valence-corrected chi connectivity index (χ3v) is 3.78. The van der Waals surface area contributed by atoms with Crippen molar-refractivity contribution in [3.8, 4) is 0 Å². The Labute approximate surface area is 123 Å². The van der Waals surface area contributed by atoms with Crippen LogP contribution >= 0.6 is 11.6 Å². The van der Waals surface area contributed by atoms with Gasteiger partial charge >= 0.3 is 16.3 Å². The Kier molecular flexibility index (Phi) is 6.77. The lowest BCUT2D eigenvalue weighted by Crippen LogP contribution is -2.46. The molecule has 0 saturated carbocycles. The first kappa shape index (κ1) is 16.7. The Morgan fingerprint density at radius 2 is 2.00 bits per heavy atom. The van der Waals surface area contributed by atoms with E-state index in [0.717, 1.165) is 5.56 Å². The van der Waals surface area contributed by atoms with Crippen molar-refractivity contribution in [2.24, 2.45) is 0 Å². The summed E-state index contributed by atoms with van der Waals surface area (Å²) in [5, 5.41) is 0. The maximum Gasteiger partial charge on any atom is 0.421 e. The zero-order chi connectivity index (χ0) is 15.0. The van der Waals surface area contributed by atoms with Gasteiger partial charge in [0.25, 0.3) is 0 Å². The summed E-state index contributed by atoms with van der Waals surface area (Å²) >= 11 is 5.75. The second kappa shape index (κ2) is 8.08. The van der Waals surface area contributed by atoms with Gasteiger partial charge in [-0.15, -0.1) is 11.6 Å². The molecule has 1 amide bonds. The number of benzene rings is 1. The summed E-state index contributed by atoms with van der Waals surface area (Å²) in [4.78, 5) is 11.1. The van der Waals surface area contributed by atoms with Gasteiger partial charge in [-0.25, -0.2) is 9.52 Å². The Hall–Kier alpha value is -1.31. The predicted octanol–water partition coefficient (Wildman–Crippen LogP) is 1.42. The van der Waals surface area contributed by atoms with Gasteiger partial charge in [-0.3, -0.25) is 0 Å². The smallest absolute Gasteiger partial charge is 0.421 e. The van der Waals surface area contributed by atoms with E-state index in [1.54, 1.807) is 11.6 Å². The van der Waals surface area contributed by atoms with Gasteiger partial charge in [0.1, 0.15) is 0 Å². The van der Waals surface area contributed by atoms with Crippen LogP contribution in [0.15, 0.2) is 30.3 Å². The number of hydrogen-bond donors (Lipinski definition) is 2. The molecule has 1 aromatic carbocycles. The number of carbonyl (C=O) groups is 1. The van der Waals surface area contributed by atoms with Gasteiger partial charge in [0.15, 0.2) is 0 Å². The van der Waals surface area contributed by atoms with Crippen LogP contribution in [0.5, 0.6) is 0 Å². The van der Waals surface area contributed by atoms with Crippen LogP contribution < -0.4 is 9.44 Å². The van der Waals surface area contributed by atoms with Crippen LogP contribution in [0.1, 0.15) is 12.5 Å². The zero-order valence-electron chi connectivity index (χ0n) is 11.0. The standard InChI is InChI=1S/C12H17ClN2O4S/c1-2-19-12(16)15-20(17,18)14-11(9-13)8-10-6-4-3-5-7-10/h3-7,11,14H,2,8-9H2,1H3,(H,15,16). The van der Waals surface area contributed by atoms with Crippen molar-refractivity contribution in [1.82, 2.24) is 9.44 Å². The Morgan fingerprint density at radius 3 is 2.55 bits per heavy atom. The minimum absolute atomic E-state index is 0.0820. The van der Waals surface area contributed by atoms with Crippen LogP contribution in [0.25, 0.3) is 0 Å². The molecule has 0 aliphatic carbocycles. The van der Waals surface area contributed by atoms with Crippen LogP contribution in [0, 0.1) is 0 Å². The number of ether oxygens (including phenoxy) is 1. The molecule has 112 valence electrons. The molecular weight excluding hydrogens is 304 g/mol. The lowest BCUT2D eigenvalue weighted by molar-refractivity contribution is 0.158. The molecule has 8 heteroatoms. The number of nitrogens with one attached hydrogen (secondary N) is 2. The quantitative estimate of drug-likeness (QED) is 0.744. The summed E-state index contributed by atoms with van der Waals surface area (Å²) in [5.74, 6) is 0.0820. The molecule has 1 unspecified atom stereocenters. The van der Waals surface area contributed by atoms with Gasteiger partial charge in [0.05, 0.1) is 6.61 Å². The maximum atomic E-state index is 11.7. The molecule has 0 fully saturated rings. The topological polar surface area (TPSA) is 84.5 Å². The first-order chi connectivity index (χ1) is 9.46. The molecule has 6 nitrogen and oxygen atoms in total. The van der Waals surface area contributed by atoms with E-state index in [0.29, 0.717) is 6.42 Å². The van der Waals surface area contributed by atoms with Crippen molar-refractivity contribution in [3.05, 3.63) is 35.9 Å². The average molecular weight is 321 g/mol. The minimum Gasteiger partial charge on any atom is -0.449 e. The second-order valence-corrected chi connectivity index (χ2v) is 5.74. The summed E-state index contributed by atoms with van der Waals surface area (Å²) in [6, 6.07) is 8.79. The number of carbonyl (C=O) groups excluding carboxylic acids is 1. The average Bonchev–Trinajstić information content (AvgIpc) is 2.38. The molecular formula is C12H17ClN2O4S. The van der Waals surface area contributed by atoms with E-state index in [1.165, 1.54) is 0 Å². The molecule has 0 saturated heterocycles. The molecule has 0 aliphatic heterocycles. The van der Waals surface area contributed by atoms with E-state index < -0.39 is 22.3 Å². The first-order valence-electron chi connectivity index (χ1n) is 6.03. The minimum atomic E-state index is -3.99. The fourth-order valence-electron chi connectivity index (χ4n) is 1.55. The lowest BCUT2D eigenvalue weighted by atomic mass is 10.1. The Balaban J connectivity index is 2.61. The van der Waals surface area contributed by atoms with Crippen LogP contribution in [0.3, 0.4) is 0 Å². The number of alkyl halides is 1. The van der Waals surface area contributed by atoms with Crippen molar-refractivity contribution in [2.45, 2.75) is 19.4 Å². The molecule has 1 aromatic rings. The number of halogens is 1. The normalized spacial score (nSPS) is 12.7. The summed E-state index contributed by atoms with van der Waals surface area (Å²) in [6.45, 7) is 1.67. The zero-order valence-corrected chi connectivity index (χ0v) is 12.6. The van der Waals surface area contributed by atoms with Crippen molar-refractivity contribution in [3.63, 3.8) is 0 Å². The van der Waals surface area contributed by atoms with Gasteiger partial charge in [-0.2, -0.15) is 13.1 Å². The monoisotopic (exact) mass is 320 g/mol. The van der Waals surface area contributed by atoms with E-state index >= 15 is 0 Å². The molecule has 1 rings (SSSR count).